The predicted molar refractivity (Wildman–Crippen MR) is 111 cm³/mol. The Bertz CT molecular complexity index is 768. The molecule has 0 heterocycles. The molecule has 0 aromatic heterocycles. The molecule has 1 aliphatic carbocycles. The van der Waals surface area contributed by atoms with Crippen LogP contribution in [0.4, 0.5) is 0 Å². The monoisotopic (exact) mass is 344 g/mol. The molecule has 2 aromatic rings. The Morgan fingerprint density at radius 2 is 1.65 bits per heavy atom. The van der Waals surface area contributed by atoms with Crippen LogP contribution in [0.2, 0.25) is 0 Å². The summed E-state index contributed by atoms with van der Waals surface area (Å²) in [5.41, 5.74) is 4.77. The highest BCUT2D eigenvalue weighted by molar-refractivity contribution is 6.01. The Hall–Kier alpha value is -2.41. The minimum Gasteiger partial charge on any atom is -0.294 e. The van der Waals surface area contributed by atoms with Crippen LogP contribution in [0.5, 0.6) is 0 Å². The summed E-state index contributed by atoms with van der Waals surface area (Å²) in [7, 11) is 0. The lowest BCUT2D eigenvalue weighted by molar-refractivity contribution is -0.120. The second-order valence-electron chi connectivity index (χ2n) is 7.20. The van der Waals surface area contributed by atoms with E-state index in [4.69, 9.17) is 0 Å². The van der Waals surface area contributed by atoms with Crippen molar-refractivity contribution in [2.24, 2.45) is 5.92 Å². The van der Waals surface area contributed by atoms with E-state index in [2.05, 4.69) is 55.5 Å². The number of Topliss-reactive ketones (excluding diaryl/α,β-unsaturated/α-hetero) is 1. The maximum absolute atomic E-state index is 13.0. The van der Waals surface area contributed by atoms with E-state index in [1.54, 1.807) is 0 Å². The number of allylic oxidation sites excluding steroid dienone is 2. The van der Waals surface area contributed by atoms with Crippen molar-refractivity contribution in [3.8, 4) is 0 Å². The van der Waals surface area contributed by atoms with E-state index in [0.717, 1.165) is 49.7 Å². The van der Waals surface area contributed by atoms with Crippen molar-refractivity contribution in [3.63, 3.8) is 0 Å². The lowest BCUT2D eigenvalue weighted by Gasteiger charge is -2.24. The summed E-state index contributed by atoms with van der Waals surface area (Å²) in [5.74, 6) is 0.496. The minimum atomic E-state index is 0.139. The van der Waals surface area contributed by atoms with Gasteiger partial charge in [-0.05, 0) is 54.9 Å². The van der Waals surface area contributed by atoms with Gasteiger partial charge in [-0.15, -0.1) is 0 Å². The molecule has 0 radical (unpaired) electrons. The number of ketones is 1. The largest absolute Gasteiger partial charge is 0.294 e. The summed E-state index contributed by atoms with van der Waals surface area (Å²) in [4.78, 5) is 13.0. The van der Waals surface area contributed by atoms with Crippen LogP contribution in [-0.4, -0.2) is 5.78 Å². The van der Waals surface area contributed by atoms with Crippen molar-refractivity contribution < 1.29 is 4.79 Å². The third-order valence-electron chi connectivity index (χ3n) is 5.08. The Morgan fingerprint density at radius 3 is 2.31 bits per heavy atom. The summed E-state index contributed by atoms with van der Waals surface area (Å²) in [6.45, 7) is 2.21. The van der Waals surface area contributed by atoms with Crippen molar-refractivity contribution >= 4 is 17.9 Å². The van der Waals surface area contributed by atoms with Gasteiger partial charge < -0.3 is 0 Å². The van der Waals surface area contributed by atoms with Crippen LogP contribution in [0, 0.1) is 5.92 Å². The molecule has 1 aliphatic rings. The fourth-order valence-corrected chi connectivity index (χ4v) is 3.80. The van der Waals surface area contributed by atoms with Gasteiger partial charge in [-0.2, -0.15) is 0 Å². The summed E-state index contributed by atoms with van der Waals surface area (Å²) in [5, 5.41) is 0. The van der Waals surface area contributed by atoms with Gasteiger partial charge in [0.1, 0.15) is 0 Å². The van der Waals surface area contributed by atoms with Gasteiger partial charge in [0, 0.05) is 5.92 Å². The maximum atomic E-state index is 13.0. The Balaban J connectivity index is 1.76. The minimum absolute atomic E-state index is 0.139. The van der Waals surface area contributed by atoms with Crippen LogP contribution in [0.15, 0.2) is 71.8 Å². The molecule has 0 aliphatic heterocycles. The summed E-state index contributed by atoms with van der Waals surface area (Å²) in [6, 6.07) is 20.7. The molecule has 0 N–H and O–H groups in total. The number of benzene rings is 2. The van der Waals surface area contributed by atoms with Crippen LogP contribution in [-0.2, 0) is 4.79 Å². The van der Waals surface area contributed by atoms with Crippen LogP contribution in [0.25, 0.3) is 12.2 Å². The molecule has 26 heavy (non-hydrogen) atoms. The second-order valence-corrected chi connectivity index (χ2v) is 7.20. The zero-order valence-electron chi connectivity index (χ0n) is 15.7. The zero-order valence-corrected chi connectivity index (χ0v) is 15.7. The van der Waals surface area contributed by atoms with Crippen LogP contribution >= 0.6 is 0 Å². The molecule has 1 fully saturated rings. The van der Waals surface area contributed by atoms with Gasteiger partial charge in [-0.3, -0.25) is 4.79 Å². The molecular formula is C25H28O. The topological polar surface area (TPSA) is 17.1 Å². The van der Waals surface area contributed by atoms with E-state index in [1.165, 1.54) is 11.1 Å². The molecule has 134 valence electrons. The molecule has 1 nitrogen and oxygen atoms in total. The average molecular weight is 344 g/mol. The predicted octanol–water partition coefficient (Wildman–Crippen LogP) is 6.71. The first-order chi connectivity index (χ1) is 12.8. The van der Waals surface area contributed by atoms with E-state index in [9.17, 15) is 4.79 Å². The van der Waals surface area contributed by atoms with Crippen molar-refractivity contribution in [3.05, 3.63) is 82.9 Å². The van der Waals surface area contributed by atoms with E-state index in [0.29, 0.717) is 5.78 Å². The van der Waals surface area contributed by atoms with Gasteiger partial charge in [0.15, 0.2) is 5.78 Å². The highest BCUT2D eigenvalue weighted by atomic mass is 16.1. The second kappa shape index (κ2) is 9.33. The molecule has 1 saturated carbocycles. The molecule has 1 heteroatoms. The Morgan fingerprint density at radius 1 is 1.00 bits per heavy atom. The molecule has 1 atom stereocenters. The van der Waals surface area contributed by atoms with Crippen molar-refractivity contribution in [1.29, 1.82) is 0 Å². The third-order valence-corrected chi connectivity index (χ3v) is 5.08. The summed E-state index contributed by atoms with van der Waals surface area (Å²) >= 11 is 0. The number of hydrogen-bond donors (Lipinski definition) is 0. The molecule has 0 bridgehead atoms. The summed E-state index contributed by atoms with van der Waals surface area (Å²) in [6.07, 6.45) is 10.5. The standard InChI is InChI=1S/C25H28O/c1-2-10-22(17-20-11-5-3-6-12-20)19-24-16-9-15-23(25(24)26)18-21-13-7-4-8-14-21/h3-8,11-14,17-18,24H,2,9-10,15-16,19H2,1H3. The van der Waals surface area contributed by atoms with Gasteiger partial charge in [-0.1, -0.05) is 85.7 Å². The quantitative estimate of drug-likeness (QED) is 0.532. The smallest absolute Gasteiger partial charge is 0.162 e. The zero-order chi connectivity index (χ0) is 18.2. The van der Waals surface area contributed by atoms with Gasteiger partial charge >= 0.3 is 0 Å². The molecule has 0 saturated heterocycles. The van der Waals surface area contributed by atoms with Crippen LogP contribution < -0.4 is 0 Å². The Kier molecular flexibility index (Phi) is 6.60. The van der Waals surface area contributed by atoms with Gasteiger partial charge in [0.05, 0.1) is 0 Å². The van der Waals surface area contributed by atoms with E-state index < -0.39 is 0 Å². The van der Waals surface area contributed by atoms with Gasteiger partial charge in [0.25, 0.3) is 0 Å². The van der Waals surface area contributed by atoms with Gasteiger partial charge in [-0.25, -0.2) is 0 Å². The number of hydrogen-bond acceptors (Lipinski definition) is 1. The normalized spacial score (nSPS) is 19.7. The average Bonchev–Trinajstić information content (AvgIpc) is 2.67. The first-order valence-electron chi connectivity index (χ1n) is 9.80. The number of carbonyl (C=O) groups is 1. The number of rotatable bonds is 6. The van der Waals surface area contributed by atoms with E-state index in [1.807, 2.05) is 24.3 Å². The fraction of sp³-hybridized carbons (Fsp3) is 0.320. The number of carbonyl (C=O) groups excluding carboxylic acids is 1. The summed E-state index contributed by atoms with van der Waals surface area (Å²) < 4.78 is 0. The van der Waals surface area contributed by atoms with Crippen LogP contribution in [0.1, 0.15) is 56.6 Å². The van der Waals surface area contributed by atoms with Crippen molar-refractivity contribution in [1.82, 2.24) is 0 Å². The molecule has 3 rings (SSSR count). The first-order valence-corrected chi connectivity index (χ1v) is 9.80. The van der Waals surface area contributed by atoms with Crippen LogP contribution in [0.3, 0.4) is 0 Å². The van der Waals surface area contributed by atoms with E-state index in [-0.39, 0.29) is 5.92 Å². The van der Waals surface area contributed by atoms with E-state index >= 15 is 0 Å². The van der Waals surface area contributed by atoms with Gasteiger partial charge in [0.2, 0.25) is 0 Å². The molecule has 1 unspecified atom stereocenters. The molecule has 0 spiro atoms. The third kappa shape index (κ3) is 5.05. The highest BCUT2D eigenvalue weighted by Crippen LogP contribution is 2.32. The Labute approximate surface area is 157 Å². The molecule has 2 aromatic carbocycles. The highest BCUT2D eigenvalue weighted by Gasteiger charge is 2.27. The fourth-order valence-electron chi connectivity index (χ4n) is 3.80. The molecular weight excluding hydrogens is 316 g/mol. The first kappa shape index (κ1) is 18.4. The SMILES string of the molecule is CCCC(=Cc1ccccc1)CC1CCCC(=Cc2ccccc2)C1=O. The van der Waals surface area contributed by atoms with Crippen molar-refractivity contribution in [2.45, 2.75) is 45.4 Å². The lowest BCUT2D eigenvalue weighted by atomic mass is 9.79. The van der Waals surface area contributed by atoms with Crippen molar-refractivity contribution in [2.75, 3.05) is 0 Å². The maximum Gasteiger partial charge on any atom is 0.162 e. The molecule has 0 amide bonds. The lowest BCUT2D eigenvalue weighted by Crippen LogP contribution is -2.22.